The van der Waals surface area contributed by atoms with Crippen molar-refractivity contribution in [2.75, 3.05) is 21.9 Å². The molecule has 12 heteroatoms. The molecule has 0 aliphatic heterocycles. The molecule has 4 rings (SSSR count). The maximum atomic E-state index is 13.2. The van der Waals surface area contributed by atoms with Gasteiger partial charge >= 0.3 is 0 Å². The van der Waals surface area contributed by atoms with Crippen molar-refractivity contribution in [3.05, 3.63) is 77.3 Å². The lowest BCUT2D eigenvalue weighted by molar-refractivity contribution is 0.0479. The van der Waals surface area contributed by atoms with Crippen LogP contribution in [0.3, 0.4) is 0 Å². The molecular weight excluding hydrogens is 538 g/mol. The van der Waals surface area contributed by atoms with Gasteiger partial charge in [0.1, 0.15) is 11.3 Å². The number of nitrogens with one attached hydrogen (secondary N) is 3. The first kappa shape index (κ1) is 26.8. The number of anilines is 3. The summed E-state index contributed by atoms with van der Waals surface area (Å²) in [5.74, 6) is 0. The Hall–Kier alpha value is -3.25. The minimum atomic E-state index is -4.20. The molecule has 0 unspecified atom stereocenters. The molecule has 0 aliphatic rings. The molecule has 0 spiro atoms. The Balaban J connectivity index is 1.63. The summed E-state index contributed by atoms with van der Waals surface area (Å²) in [6, 6.07) is 16.9. The molecule has 37 heavy (non-hydrogen) atoms. The molecular formula is C25H26ClN3O6S2. The number of hydrogen-bond acceptors (Lipinski definition) is 7. The van der Waals surface area contributed by atoms with Crippen LogP contribution >= 0.6 is 11.6 Å². The highest BCUT2D eigenvalue weighted by molar-refractivity contribution is 7.93. The van der Waals surface area contributed by atoms with E-state index in [2.05, 4.69) is 14.8 Å². The topological polar surface area (TPSA) is 127 Å². The number of methoxy groups -OCH3 is 1. The lowest BCUT2D eigenvalue weighted by atomic mass is 10.1. The largest absolute Gasteiger partial charge is 0.443 e. The third kappa shape index (κ3) is 6.02. The first-order valence-electron chi connectivity index (χ1n) is 11.1. The smallest absolute Gasteiger partial charge is 0.295 e. The quantitative estimate of drug-likeness (QED) is 0.220. The van der Waals surface area contributed by atoms with Crippen LogP contribution in [0.5, 0.6) is 0 Å². The van der Waals surface area contributed by atoms with Gasteiger partial charge in [-0.05, 0) is 68.8 Å². The molecule has 3 aromatic carbocycles. The van der Waals surface area contributed by atoms with Crippen molar-refractivity contribution in [2.24, 2.45) is 0 Å². The number of sulfonamides is 2. The molecule has 0 amide bonds. The van der Waals surface area contributed by atoms with E-state index in [9.17, 15) is 16.8 Å². The first-order chi connectivity index (χ1) is 17.3. The van der Waals surface area contributed by atoms with Crippen molar-refractivity contribution in [1.82, 2.24) is 0 Å². The summed E-state index contributed by atoms with van der Waals surface area (Å²) in [7, 11) is -6.72. The highest BCUT2D eigenvalue weighted by Gasteiger charge is 2.24. The molecule has 0 bridgehead atoms. The number of para-hydroxylation sites is 1. The number of benzene rings is 3. The molecule has 0 saturated heterocycles. The second-order valence-corrected chi connectivity index (χ2v) is 12.6. The molecule has 0 radical (unpaired) electrons. The van der Waals surface area contributed by atoms with Crippen LogP contribution in [-0.4, -0.2) is 29.7 Å². The number of rotatable bonds is 9. The van der Waals surface area contributed by atoms with Crippen LogP contribution in [0.1, 0.15) is 19.4 Å². The number of halogens is 1. The average Bonchev–Trinajstić information content (AvgIpc) is 3.27. The van der Waals surface area contributed by atoms with Crippen LogP contribution in [0.4, 0.5) is 17.1 Å². The fourth-order valence-electron chi connectivity index (χ4n) is 3.50. The predicted octanol–water partition coefficient (Wildman–Crippen LogP) is 5.79. The van der Waals surface area contributed by atoms with E-state index in [0.29, 0.717) is 22.2 Å². The minimum absolute atomic E-state index is 0.00758. The maximum Gasteiger partial charge on any atom is 0.295 e. The monoisotopic (exact) mass is 563 g/mol. The van der Waals surface area contributed by atoms with Gasteiger partial charge in [0.15, 0.2) is 0 Å². The molecule has 3 N–H and O–H groups in total. The third-order valence-electron chi connectivity index (χ3n) is 5.59. The molecule has 196 valence electrons. The van der Waals surface area contributed by atoms with Crippen molar-refractivity contribution < 1.29 is 26.0 Å². The molecule has 0 fully saturated rings. The lowest BCUT2D eigenvalue weighted by Crippen LogP contribution is -2.33. The van der Waals surface area contributed by atoms with Crippen molar-refractivity contribution in [1.29, 1.82) is 0 Å². The minimum Gasteiger partial charge on any atom is -0.443 e. The molecule has 1 heterocycles. The van der Waals surface area contributed by atoms with Gasteiger partial charge in [-0.25, -0.2) is 8.42 Å². The Bertz CT molecular complexity index is 1650. The second kappa shape index (κ2) is 9.90. The molecule has 0 atom stereocenters. The van der Waals surface area contributed by atoms with Gasteiger partial charge < -0.3 is 14.5 Å². The zero-order chi connectivity index (χ0) is 27.0. The Morgan fingerprint density at radius 3 is 2.19 bits per heavy atom. The number of hydrogen-bond donors (Lipinski definition) is 3. The summed E-state index contributed by atoms with van der Waals surface area (Å²) in [5, 5.41) is 3.69. The van der Waals surface area contributed by atoms with E-state index in [-0.39, 0.29) is 26.4 Å². The van der Waals surface area contributed by atoms with E-state index >= 15 is 0 Å². The predicted molar refractivity (Wildman–Crippen MR) is 145 cm³/mol. The van der Waals surface area contributed by atoms with Crippen LogP contribution in [0.2, 0.25) is 5.02 Å². The van der Waals surface area contributed by atoms with E-state index in [1.54, 1.807) is 44.4 Å². The summed E-state index contributed by atoms with van der Waals surface area (Å²) < 4.78 is 68.2. The van der Waals surface area contributed by atoms with E-state index in [0.717, 1.165) is 0 Å². The summed E-state index contributed by atoms with van der Waals surface area (Å²) >= 11 is 6.09. The van der Waals surface area contributed by atoms with Crippen LogP contribution in [-0.2, 0) is 24.8 Å². The summed E-state index contributed by atoms with van der Waals surface area (Å²) in [4.78, 5) is -0.00758. The van der Waals surface area contributed by atoms with Gasteiger partial charge in [-0.15, -0.1) is 0 Å². The van der Waals surface area contributed by atoms with Crippen LogP contribution < -0.4 is 14.8 Å². The fourth-order valence-corrected chi connectivity index (χ4v) is 5.87. The average molecular weight is 564 g/mol. The standard InChI is InChI=1S/C25H26ClN3O6S2/c1-16-13-19(10-12-20(16)27-25(2,3)34-4)36(30,31)28-21-11-9-18(26)15-22(21)29-37(32,33)24-14-17-7-5-6-8-23(17)35-24/h5-15,27-29H,1-4H3. The highest BCUT2D eigenvalue weighted by atomic mass is 35.5. The van der Waals surface area contributed by atoms with Crippen molar-refractivity contribution in [3.63, 3.8) is 0 Å². The van der Waals surface area contributed by atoms with Crippen molar-refractivity contribution in [2.45, 2.75) is 36.5 Å². The maximum absolute atomic E-state index is 13.2. The van der Waals surface area contributed by atoms with Gasteiger partial charge in [0.2, 0.25) is 5.09 Å². The lowest BCUT2D eigenvalue weighted by Gasteiger charge is -2.27. The van der Waals surface area contributed by atoms with Crippen LogP contribution in [0.25, 0.3) is 11.0 Å². The zero-order valence-electron chi connectivity index (χ0n) is 20.5. The Kier molecular flexibility index (Phi) is 7.17. The highest BCUT2D eigenvalue weighted by Crippen LogP contribution is 2.32. The molecule has 0 aliphatic carbocycles. The molecule has 4 aromatic rings. The van der Waals surface area contributed by atoms with E-state index < -0.39 is 25.8 Å². The summed E-state index contributed by atoms with van der Waals surface area (Å²) in [6.45, 7) is 5.45. The van der Waals surface area contributed by atoms with Crippen LogP contribution in [0, 0.1) is 6.92 Å². The second-order valence-electron chi connectivity index (χ2n) is 8.82. The Morgan fingerprint density at radius 2 is 1.51 bits per heavy atom. The third-order valence-corrected chi connectivity index (χ3v) is 8.41. The van der Waals surface area contributed by atoms with Crippen LogP contribution in [0.15, 0.2) is 81.1 Å². The Labute approximate surface area is 220 Å². The van der Waals surface area contributed by atoms with E-state index in [4.69, 9.17) is 20.8 Å². The number of aryl methyl sites for hydroxylation is 1. The van der Waals surface area contributed by atoms with Gasteiger partial charge in [0.25, 0.3) is 20.0 Å². The first-order valence-corrected chi connectivity index (χ1v) is 14.4. The summed E-state index contributed by atoms with van der Waals surface area (Å²) in [6.07, 6.45) is 0. The van der Waals surface area contributed by atoms with Gasteiger partial charge in [-0.3, -0.25) is 9.44 Å². The molecule has 0 saturated carbocycles. The van der Waals surface area contributed by atoms with Gasteiger partial charge in [-0.2, -0.15) is 8.42 Å². The van der Waals surface area contributed by atoms with Gasteiger partial charge in [0, 0.05) is 29.3 Å². The molecule has 1 aromatic heterocycles. The molecule has 9 nitrogen and oxygen atoms in total. The van der Waals surface area contributed by atoms with E-state index in [1.807, 2.05) is 13.8 Å². The van der Waals surface area contributed by atoms with Crippen molar-refractivity contribution in [3.8, 4) is 0 Å². The normalized spacial score (nSPS) is 12.5. The summed E-state index contributed by atoms with van der Waals surface area (Å²) in [5.41, 5.74) is 1.06. The van der Waals surface area contributed by atoms with Gasteiger partial charge in [0.05, 0.1) is 16.3 Å². The number of ether oxygens (including phenoxy) is 1. The van der Waals surface area contributed by atoms with Crippen molar-refractivity contribution >= 4 is 59.7 Å². The number of fused-ring (bicyclic) bond motifs is 1. The fraction of sp³-hybridized carbons (Fsp3) is 0.200. The zero-order valence-corrected chi connectivity index (χ0v) is 22.9. The van der Waals surface area contributed by atoms with Gasteiger partial charge in [-0.1, -0.05) is 29.8 Å². The number of furan rings is 1. The Morgan fingerprint density at radius 1 is 0.838 bits per heavy atom. The SMILES string of the molecule is COC(C)(C)Nc1ccc(S(=O)(=O)Nc2ccc(Cl)cc2NS(=O)(=O)c2cc3ccccc3o2)cc1C. The van der Waals surface area contributed by atoms with E-state index in [1.165, 1.54) is 36.4 Å².